The van der Waals surface area contributed by atoms with Gasteiger partial charge in [0, 0.05) is 22.5 Å². The van der Waals surface area contributed by atoms with Gasteiger partial charge >= 0.3 is 0 Å². The molecule has 0 radical (unpaired) electrons. The standard InChI is InChI=1S/C15H16N2O/c1-9-5-3-7-11(13(9)16)15(18)12-8-4-6-10(2)14(12)17/h3-8H,16-17H2,1-2H3. The van der Waals surface area contributed by atoms with E-state index >= 15 is 0 Å². The highest BCUT2D eigenvalue weighted by atomic mass is 16.1. The van der Waals surface area contributed by atoms with Gasteiger partial charge in [-0.1, -0.05) is 24.3 Å². The van der Waals surface area contributed by atoms with E-state index in [2.05, 4.69) is 0 Å². The molecule has 0 amide bonds. The molecule has 2 aromatic rings. The van der Waals surface area contributed by atoms with Gasteiger partial charge in [-0.3, -0.25) is 4.79 Å². The van der Waals surface area contributed by atoms with Gasteiger partial charge in [0.15, 0.2) is 5.78 Å². The van der Waals surface area contributed by atoms with Gasteiger partial charge < -0.3 is 11.5 Å². The van der Waals surface area contributed by atoms with Gasteiger partial charge in [-0.2, -0.15) is 0 Å². The SMILES string of the molecule is Cc1cccc(C(=O)c2cccc(C)c2N)c1N. The summed E-state index contributed by atoms with van der Waals surface area (Å²) in [7, 11) is 0. The largest absolute Gasteiger partial charge is 0.398 e. The van der Waals surface area contributed by atoms with Gasteiger partial charge in [0.05, 0.1) is 0 Å². The molecule has 0 aliphatic heterocycles. The maximum Gasteiger partial charge on any atom is 0.197 e. The molecule has 2 rings (SSSR count). The van der Waals surface area contributed by atoms with Crippen LogP contribution in [0, 0.1) is 13.8 Å². The van der Waals surface area contributed by atoms with Gasteiger partial charge in [-0.15, -0.1) is 0 Å². The summed E-state index contributed by atoms with van der Waals surface area (Å²) < 4.78 is 0. The van der Waals surface area contributed by atoms with E-state index < -0.39 is 0 Å². The van der Waals surface area contributed by atoms with Crippen LogP contribution in [-0.2, 0) is 0 Å². The molecular formula is C15H16N2O. The van der Waals surface area contributed by atoms with Crippen LogP contribution in [0.1, 0.15) is 27.0 Å². The fraction of sp³-hybridized carbons (Fsp3) is 0.133. The van der Waals surface area contributed by atoms with Crippen molar-refractivity contribution in [2.24, 2.45) is 0 Å². The third-order valence-electron chi connectivity index (χ3n) is 3.14. The number of nitrogens with two attached hydrogens (primary N) is 2. The van der Waals surface area contributed by atoms with Crippen LogP contribution in [0.2, 0.25) is 0 Å². The Balaban J connectivity index is 2.55. The zero-order valence-electron chi connectivity index (χ0n) is 10.5. The monoisotopic (exact) mass is 240 g/mol. The van der Waals surface area contributed by atoms with Crippen LogP contribution >= 0.6 is 0 Å². The molecule has 0 fully saturated rings. The van der Waals surface area contributed by atoms with Crippen molar-refractivity contribution in [3.8, 4) is 0 Å². The fourth-order valence-electron chi connectivity index (χ4n) is 1.90. The van der Waals surface area contributed by atoms with E-state index in [0.29, 0.717) is 22.5 Å². The van der Waals surface area contributed by atoms with Crippen molar-refractivity contribution in [3.63, 3.8) is 0 Å². The predicted octanol–water partition coefficient (Wildman–Crippen LogP) is 2.70. The number of rotatable bonds is 2. The number of hydrogen-bond acceptors (Lipinski definition) is 3. The van der Waals surface area contributed by atoms with E-state index in [-0.39, 0.29) is 5.78 Å². The summed E-state index contributed by atoms with van der Waals surface area (Å²) in [5.74, 6) is -0.127. The highest BCUT2D eigenvalue weighted by molar-refractivity contribution is 6.15. The molecule has 0 aliphatic rings. The quantitative estimate of drug-likeness (QED) is 0.626. The Morgan fingerprint density at radius 2 is 1.22 bits per heavy atom. The Morgan fingerprint density at radius 1 is 0.833 bits per heavy atom. The number of benzene rings is 2. The lowest BCUT2D eigenvalue weighted by Gasteiger charge is -2.10. The number of para-hydroxylation sites is 2. The summed E-state index contributed by atoms with van der Waals surface area (Å²) in [4.78, 5) is 12.4. The first-order valence-corrected chi connectivity index (χ1v) is 5.77. The number of hydrogen-bond donors (Lipinski definition) is 2. The minimum Gasteiger partial charge on any atom is -0.398 e. The van der Waals surface area contributed by atoms with Gasteiger partial charge in [0.2, 0.25) is 0 Å². The van der Waals surface area contributed by atoms with E-state index in [4.69, 9.17) is 11.5 Å². The van der Waals surface area contributed by atoms with E-state index in [0.717, 1.165) is 11.1 Å². The smallest absolute Gasteiger partial charge is 0.197 e. The lowest BCUT2D eigenvalue weighted by atomic mass is 9.97. The molecule has 92 valence electrons. The molecule has 2 aromatic carbocycles. The average molecular weight is 240 g/mol. The van der Waals surface area contributed by atoms with Crippen LogP contribution < -0.4 is 11.5 Å². The number of nitrogen functional groups attached to an aromatic ring is 2. The summed E-state index contributed by atoms with van der Waals surface area (Å²) >= 11 is 0. The molecule has 0 atom stereocenters. The molecule has 0 saturated carbocycles. The van der Waals surface area contributed by atoms with E-state index in [9.17, 15) is 4.79 Å². The minimum absolute atomic E-state index is 0.127. The number of carbonyl (C=O) groups excluding carboxylic acids is 1. The van der Waals surface area contributed by atoms with Crippen LogP contribution in [0.15, 0.2) is 36.4 Å². The molecule has 0 heterocycles. The second kappa shape index (κ2) is 4.53. The normalized spacial score (nSPS) is 10.3. The molecule has 3 nitrogen and oxygen atoms in total. The Labute approximate surface area is 106 Å². The van der Waals surface area contributed by atoms with Crippen molar-refractivity contribution in [3.05, 3.63) is 58.7 Å². The molecule has 4 N–H and O–H groups in total. The van der Waals surface area contributed by atoms with Crippen molar-refractivity contribution in [2.75, 3.05) is 11.5 Å². The number of ketones is 1. The lowest BCUT2D eigenvalue weighted by Crippen LogP contribution is -2.09. The topological polar surface area (TPSA) is 69.1 Å². The summed E-state index contributed by atoms with van der Waals surface area (Å²) in [5.41, 5.74) is 15.7. The number of aryl methyl sites for hydroxylation is 2. The molecule has 0 bridgehead atoms. The first-order chi connectivity index (χ1) is 8.52. The molecule has 0 saturated heterocycles. The number of carbonyl (C=O) groups is 1. The summed E-state index contributed by atoms with van der Waals surface area (Å²) in [6, 6.07) is 10.9. The molecule has 0 aromatic heterocycles. The zero-order valence-corrected chi connectivity index (χ0v) is 10.5. The third kappa shape index (κ3) is 1.95. The van der Waals surface area contributed by atoms with Crippen LogP contribution in [0.5, 0.6) is 0 Å². The molecule has 0 unspecified atom stereocenters. The third-order valence-corrected chi connectivity index (χ3v) is 3.14. The predicted molar refractivity (Wildman–Crippen MR) is 74.6 cm³/mol. The van der Waals surface area contributed by atoms with Gasteiger partial charge in [-0.05, 0) is 37.1 Å². The highest BCUT2D eigenvalue weighted by Crippen LogP contribution is 2.24. The maximum absolute atomic E-state index is 12.4. The summed E-state index contributed by atoms with van der Waals surface area (Å²) in [6.45, 7) is 3.76. The Morgan fingerprint density at radius 3 is 1.61 bits per heavy atom. The van der Waals surface area contributed by atoms with Gasteiger partial charge in [-0.25, -0.2) is 0 Å². The van der Waals surface area contributed by atoms with Gasteiger partial charge in [0.25, 0.3) is 0 Å². The Hall–Kier alpha value is -2.29. The minimum atomic E-state index is -0.127. The van der Waals surface area contributed by atoms with E-state index in [1.54, 1.807) is 12.1 Å². The van der Waals surface area contributed by atoms with Crippen molar-refractivity contribution in [1.82, 2.24) is 0 Å². The molecule has 0 aliphatic carbocycles. The summed E-state index contributed by atoms with van der Waals surface area (Å²) in [5, 5.41) is 0. The first-order valence-electron chi connectivity index (χ1n) is 5.77. The molecule has 18 heavy (non-hydrogen) atoms. The second-order valence-electron chi connectivity index (χ2n) is 4.40. The molecule has 0 spiro atoms. The highest BCUT2D eigenvalue weighted by Gasteiger charge is 2.16. The van der Waals surface area contributed by atoms with Crippen LogP contribution in [0.3, 0.4) is 0 Å². The molecule has 3 heteroatoms. The van der Waals surface area contributed by atoms with Crippen LogP contribution in [0.4, 0.5) is 11.4 Å². The van der Waals surface area contributed by atoms with E-state index in [1.807, 2.05) is 38.1 Å². The second-order valence-corrected chi connectivity index (χ2v) is 4.40. The van der Waals surface area contributed by atoms with Crippen molar-refractivity contribution in [1.29, 1.82) is 0 Å². The molecular weight excluding hydrogens is 224 g/mol. The van der Waals surface area contributed by atoms with E-state index in [1.165, 1.54) is 0 Å². The fourth-order valence-corrected chi connectivity index (χ4v) is 1.90. The maximum atomic E-state index is 12.4. The summed E-state index contributed by atoms with van der Waals surface area (Å²) in [6.07, 6.45) is 0. The Bertz CT molecular complexity index is 564. The van der Waals surface area contributed by atoms with Gasteiger partial charge in [0.1, 0.15) is 0 Å². The van der Waals surface area contributed by atoms with Crippen molar-refractivity contribution < 1.29 is 4.79 Å². The lowest BCUT2D eigenvalue weighted by molar-refractivity contribution is 0.104. The number of anilines is 2. The first kappa shape index (κ1) is 12.2. The van der Waals surface area contributed by atoms with Crippen LogP contribution in [0.25, 0.3) is 0 Å². The average Bonchev–Trinajstić information content (AvgIpc) is 2.35. The van der Waals surface area contributed by atoms with Crippen molar-refractivity contribution in [2.45, 2.75) is 13.8 Å². The Kier molecular flexibility index (Phi) is 3.06. The zero-order chi connectivity index (χ0) is 13.3. The van der Waals surface area contributed by atoms with Crippen LogP contribution in [-0.4, -0.2) is 5.78 Å². The van der Waals surface area contributed by atoms with Crippen molar-refractivity contribution >= 4 is 17.2 Å².